The summed E-state index contributed by atoms with van der Waals surface area (Å²) in [6.07, 6.45) is 0. The van der Waals surface area contributed by atoms with Crippen LogP contribution in [0.5, 0.6) is 0 Å². The van der Waals surface area contributed by atoms with Crippen LogP contribution in [0.4, 0.5) is 11.4 Å². The van der Waals surface area contributed by atoms with E-state index >= 15 is 0 Å². The van der Waals surface area contributed by atoms with Crippen molar-refractivity contribution in [2.75, 3.05) is 22.9 Å². The number of nitrogens with zero attached hydrogens (tertiary/aromatic N) is 4. The molecule has 0 atom stereocenters. The third-order valence-corrected chi connectivity index (χ3v) is 6.80. The lowest BCUT2D eigenvalue weighted by Gasteiger charge is -2.28. The number of nitrogens with two attached hydrogens (primary N) is 4. The first-order valence-corrected chi connectivity index (χ1v) is 13.4. The number of benzene rings is 4. The van der Waals surface area contributed by atoms with Gasteiger partial charge in [-0.05, 0) is 71.5 Å². The fourth-order valence-electron chi connectivity index (χ4n) is 4.72. The van der Waals surface area contributed by atoms with Gasteiger partial charge in [0.15, 0.2) is 11.9 Å². The number of rotatable bonds is 7. The van der Waals surface area contributed by atoms with E-state index in [2.05, 4.69) is 48.1 Å². The summed E-state index contributed by atoms with van der Waals surface area (Å²) in [6.45, 7) is 4.64. The molecule has 0 aliphatic heterocycles. The Balaban J connectivity index is 1.64. The molecule has 0 radical (unpaired) electrons. The van der Waals surface area contributed by atoms with Crippen LogP contribution in [0.3, 0.4) is 0 Å². The first-order chi connectivity index (χ1) is 20.1. The highest BCUT2D eigenvalue weighted by molar-refractivity contribution is 6.03. The zero-order valence-electron chi connectivity index (χ0n) is 23.8. The van der Waals surface area contributed by atoms with Crippen molar-refractivity contribution in [1.29, 1.82) is 10.8 Å². The van der Waals surface area contributed by atoms with E-state index in [9.17, 15) is 0 Å². The molecule has 4 aromatic carbocycles. The third-order valence-electron chi connectivity index (χ3n) is 6.80. The maximum absolute atomic E-state index is 8.62. The van der Waals surface area contributed by atoms with Gasteiger partial charge in [0.1, 0.15) is 0 Å². The van der Waals surface area contributed by atoms with Crippen molar-refractivity contribution in [3.63, 3.8) is 0 Å². The van der Waals surface area contributed by atoms with Crippen LogP contribution in [-0.4, -0.2) is 36.9 Å². The third kappa shape index (κ3) is 7.11. The van der Waals surface area contributed by atoms with Gasteiger partial charge >= 0.3 is 0 Å². The van der Waals surface area contributed by atoms with Gasteiger partial charge in [0.05, 0.1) is 0 Å². The first kappa shape index (κ1) is 29.3. The van der Waals surface area contributed by atoms with E-state index in [4.69, 9.17) is 33.8 Å². The van der Waals surface area contributed by atoms with E-state index in [1.54, 1.807) is 9.80 Å². The van der Waals surface area contributed by atoms with Gasteiger partial charge in [0.25, 0.3) is 0 Å². The number of hydrogen-bond donors (Lipinski definition) is 6. The fraction of sp³-hybridized carbons (Fsp3) is 0.125. The predicted molar refractivity (Wildman–Crippen MR) is 175 cm³/mol. The minimum atomic E-state index is -0.224. The van der Waals surface area contributed by atoms with Crippen molar-refractivity contribution in [1.82, 2.24) is 0 Å². The van der Waals surface area contributed by atoms with Crippen LogP contribution in [0, 0.1) is 24.7 Å². The van der Waals surface area contributed by atoms with E-state index in [1.165, 1.54) is 0 Å². The lowest BCUT2D eigenvalue weighted by Crippen LogP contribution is -2.42. The summed E-state index contributed by atoms with van der Waals surface area (Å²) < 4.78 is 0. The van der Waals surface area contributed by atoms with Crippen LogP contribution in [0.2, 0.25) is 0 Å². The van der Waals surface area contributed by atoms with Crippen molar-refractivity contribution >= 4 is 35.2 Å². The number of anilines is 2. The smallest absolute Gasteiger partial charge is 0.225 e. The predicted octanol–water partition coefficient (Wildman–Crippen LogP) is 4.37. The van der Waals surface area contributed by atoms with Crippen LogP contribution in [0.25, 0.3) is 22.3 Å². The molecule has 0 saturated carbocycles. The molecule has 4 rings (SSSR count). The topological polar surface area (TPSA) is 183 Å². The average molecular weight is 561 g/mol. The fourth-order valence-corrected chi connectivity index (χ4v) is 4.72. The van der Waals surface area contributed by atoms with Gasteiger partial charge in [-0.25, -0.2) is 0 Å². The Kier molecular flexibility index (Phi) is 9.18. The molecule has 0 aliphatic carbocycles. The zero-order chi connectivity index (χ0) is 30.2. The normalized spacial score (nSPS) is 10.4. The summed E-state index contributed by atoms with van der Waals surface area (Å²) in [7, 11) is 0. The van der Waals surface area contributed by atoms with Crippen LogP contribution in [0.1, 0.15) is 11.1 Å². The van der Waals surface area contributed by atoms with Gasteiger partial charge in [0.2, 0.25) is 11.9 Å². The van der Waals surface area contributed by atoms with Gasteiger partial charge in [-0.3, -0.25) is 10.8 Å². The van der Waals surface area contributed by atoms with Gasteiger partial charge in [-0.1, -0.05) is 72.8 Å². The van der Waals surface area contributed by atoms with Crippen LogP contribution in [-0.2, 0) is 0 Å². The van der Waals surface area contributed by atoms with Crippen LogP contribution >= 0.6 is 0 Å². The van der Waals surface area contributed by atoms with Crippen molar-refractivity contribution in [2.24, 2.45) is 32.9 Å². The van der Waals surface area contributed by atoms with E-state index < -0.39 is 0 Å². The Morgan fingerprint density at radius 2 is 0.881 bits per heavy atom. The second-order valence-corrected chi connectivity index (χ2v) is 9.75. The number of guanidine groups is 4. The zero-order valence-corrected chi connectivity index (χ0v) is 23.8. The molecule has 0 heterocycles. The number of aryl methyl sites for hydroxylation is 2. The maximum Gasteiger partial charge on any atom is 0.225 e. The summed E-state index contributed by atoms with van der Waals surface area (Å²) in [4.78, 5) is 11.3. The van der Waals surface area contributed by atoms with Gasteiger partial charge in [-0.15, -0.1) is 0 Å². The standard InChI is InChI=1S/C32H36N10/c1-21-7-3-5-9-27(21)23-11-15-25(16-12-23)41(31(37)39-29(33)34)19-20-42(32(38)40-30(35)36)26-17-13-24(14-18-26)28-10-6-4-8-22(28)2/h3-18H,19-20H2,1-2H3,(H5,33,34,37,39)(H5,35,36,38,40). The molecule has 0 unspecified atom stereocenters. The molecule has 10 heteroatoms. The first-order valence-electron chi connectivity index (χ1n) is 13.4. The van der Waals surface area contributed by atoms with E-state index in [-0.39, 0.29) is 36.9 Å². The molecule has 0 amide bonds. The summed E-state index contributed by atoms with van der Waals surface area (Å²) in [6, 6.07) is 32.0. The quantitative estimate of drug-likeness (QED) is 0.144. The van der Waals surface area contributed by atoms with Crippen molar-refractivity contribution < 1.29 is 0 Å². The SMILES string of the molecule is Cc1ccccc1-c1ccc(N(CCN(C(=N)N=C(N)N)c2ccc(-c3ccccc3C)cc2)C(=N)N=C(N)N)cc1. The van der Waals surface area contributed by atoms with Crippen LogP contribution in [0.15, 0.2) is 107 Å². The monoisotopic (exact) mass is 560 g/mol. The molecule has 214 valence electrons. The average Bonchev–Trinajstić information content (AvgIpc) is 2.95. The molecule has 0 fully saturated rings. The second kappa shape index (κ2) is 13.1. The highest BCUT2D eigenvalue weighted by atomic mass is 15.3. The summed E-state index contributed by atoms with van der Waals surface area (Å²) in [5.41, 5.74) is 30.6. The molecule has 0 saturated heterocycles. The number of nitrogens with one attached hydrogen (secondary N) is 2. The molecule has 10 nitrogen and oxygen atoms in total. The molecule has 10 N–H and O–H groups in total. The highest BCUT2D eigenvalue weighted by Gasteiger charge is 2.18. The minimum absolute atomic E-state index is 0.137. The number of hydrogen-bond acceptors (Lipinski definition) is 2. The van der Waals surface area contributed by atoms with E-state index in [0.29, 0.717) is 11.4 Å². The van der Waals surface area contributed by atoms with Crippen molar-refractivity contribution in [3.05, 3.63) is 108 Å². The summed E-state index contributed by atoms with van der Waals surface area (Å²) in [5, 5.41) is 17.2. The Hall–Kier alpha value is -5.64. The second-order valence-electron chi connectivity index (χ2n) is 9.75. The molecule has 0 aliphatic rings. The maximum atomic E-state index is 8.62. The molecule has 0 bridgehead atoms. The molecule has 0 aromatic heterocycles. The van der Waals surface area contributed by atoms with Crippen molar-refractivity contribution in [2.45, 2.75) is 13.8 Å². The Bertz CT molecular complexity index is 1490. The van der Waals surface area contributed by atoms with E-state index in [0.717, 1.165) is 33.4 Å². The minimum Gasteiger partial charge on any atom is -0.370 e. The lowest BCUT2D eigenvalue weighted by atomic mass is 10.0. The molecule has 4 aromatic rings. The molecular formula is C32H36N10. The lowest BCUT2D eigenvalue weighted by molar-refractivity contribution is 0.898. The summed E-state index contributed by atoms with van der Waals surface area (Å²) >= 11 is 0. The molecule has 0 spiro atoms. The van der Waals surface area contributed by atoms with Gasteiger partial charge in [0, 0.05) is 24.5 Å². The largest absolute Gasteiger partial charge is 0.370 e. The Morgan fingerprint density at radius 1 is 0.548 bits per heavy atom. The molecular weight excluding hydrogens is 524 g/mol. The number of aliphatic imine (C=N–C) groups is 2. The van der Waals surface area contributed by atoms with Crippen molar-refractivity contribution in [3.8, 4) is 22.3 Å². The Labute approximate surface area is 246 Å². The van der Waals surface area contributed by atoms with E-state index in [1.807, 2.05) is 72.8 Å². The summed E-state index contributed by atoms with van der Waals surface area (Å²) in [5.74, 6) is -0.722. The van der Waals surface area contributed by atoms with Gasteiger partial charge < -0.3 is 32.7 Å². The van der Waals surface area contributed by atoms with Crippen LogP contribution < -0.4 is 32.7 Å². The highest BCUT2D eigenvalue weighted by Crippen LogP contribution is 2.28. The van der Waals surface area contributed by atoms with Gasteiger partial charge in [-0.2, -0.15) is 9.98 Å². The Morgan fingerprint density at radius 3 is 1.19 bits per heavy atom. The molecule has 42 heavy (non-hydrogen) atoms.